The summed E-state index contributed by atoms with van der Waals surface area (Å²) >= 11 is 0. The number of ether oxygens (including phenoxy) is 2. The van der Waals surface area contributed by atoms with Crippen molar-refractivity contribution < 1.29 is 14.3 Å². The van der Waals surface area contributed by atoms with Crippen LogP contribution in [0.4, 0.5) is 0 Å². The van der Waals surface area contributed by atoms with Gasteiger partial charge in [0.25, 0.3) is 0 Å². The van der Waals surface area contributed by atoms with E-state index in [0.717, 1.165) is 26.3 Å². The van der Waals surface area contributed by atoms with Gasteiger partial charge in [0.05, 0.1) is 19.8 Å². The Bertz CT molecular complexity index is 185. The number of esters is 1. The quantitative estimate of drug-likeness (QED) is 0.471. The summed E-state index contributed by atoms with van der Waals surface area (Å²) in [5.74, 6) is -0.283. The lowest BCUT2D eigenvalue weighted by Crippen LogP contribution is -2.32. The maximum atomic E-state index is 10.9. The van der Waals surface area contributed by atoms with Crippen molar-refractivity contribution in [2.75, 3.05) is 32.9 Å². The van der Waals surface area contributed by atoms with Crippen LogP contribution in [0.1, 0.15) is 6.92 Å². The molecule has 0 radical (unpaired) electrons. The van der Waals surface area contributed by atoms with Gasteiger partial charge in [0, 0.05) is 25.4 Å². The number of nitrogens with zero attached hydrogens (tertiary/aromatic N) is 1. The van der Waals surface area contributed by atoms with Gasteiger partial charge in [-0.3, -0.25) is 0 Å². The van der Waals surface area contributed by atoms with Crippen molar-refractivity contribution in [3.8, 4) is 0 Å². The average Bonchev–Trinajstić information content (AvgIpc) is 2.17. The maximum Gasteiger partial charge on any atom is 0.332 e. The average molecular weight is 185 g/mol. The standard InChI is InChI=1S/C9H15NO3/c1-2-13-9(11)3-4-10-5-7-12-8-6-10/h3-4H,2,5-8H2,1H3/b4-3+. The van der Waals surface area contributed by atoms with Crippen LogP contribution in [0.25, 0.3) is 0 Å². The highest BCUT2D eigenvalue weighted by Gasteiger charge is 2.05. The number of morpholine rings is 1. The Balaban J connectivity index is 2.24. The molecule has 1 aliphatic rings. The zero-order chi connectivity index (χ0) is 9.52. The molecule has 0 aliphatic carbocycles. The van der Waals surface area contributed by atoms with E-state index in [1.165, 1.54) is 6.08 Å². The van der Waals surface area contributed by atoms with Crippen LogP contribution in [-0.4, -0.2) is 43.8 Å². The maximum absolute atomic E-state index is 10.9. The molecule has 0 unspecified atom stereocenters. The van der Waals surface area contributed by atoms with E-state index in [9.17, 15) is 4.79 Å². The monoisotopic (exact) mass is 185 g/mol. The number of carbonyl (C=O) groups is 1. The van der Waals surface area contributed by atoms with E-state index in [2.05, 4.69) is 0 Å². The Hall–Kier alpha value is -1.03. The molecule has 1 saturated heterocycles. The van der Waals surface area contributed by atoms with E-state index >= 15 is 0 Å². The molecular weight excluding hydrogens is 170 g/mol. The minimum atomic E-state index is -0.283. The SMILES string of the molecule is CCOC(=O)/C=C/N1CCOCC1. The Morgan fingerprint density at radius 3 is 2.85 bits per heavy atom. The van der Waals surface area contributed by atoms with Gasteiger partial charge in [0.2, 0.25) is 0 Å². The smallest absolute Gasteiger partial charge is 0.332 e. The Morgan fingerprint density at radius 1 is 1.54 bits per heavy atom. The van der Waals surface area contributed by atoms with Gasteiger partial charge in [-0.1, -0.05) is 0 Å². The molecular formula is C9H15NO3. The zero-order valence-electron chi connectivity index (χ0n) is 7.86. The third kappa shape index (κ3) is 3.94. The van der Waals surface area contributed by atoms with E-state index < -0.39 is 0 Å². The second kappa shape index (κ2) is 5.59. The fourth-order valence-electron chi connectivity index (χ4n) is 1.08. The normalized spacial score (nSPS) is 17.8. The summed E-state index contributed by atoms with van der Waals surface area (Å²) in [4.78, 5) is 13.0. The Labute approximate surface area is 78.1 Å². The fourth-order valence-corrected chi connectivity index (χ4v) is 1.08. The zero-order valence-corrected chi connectivity index (χ0v) is 7.86. The van der Waals surface area contributed by atoms with Crippen molar-refractivity contribution in [3.63, 3.8) is 0 Å². The van der Waals surface area contributed by atoms with E-state index in [1.54, 1.807) is 13.1 Å². The van der Waals surface area contributed by atoms with E-state index in [4.69, 9.17) is 9.47 Å². The highest BCUT2D eigenvalue weighted by Crippen LogP contribution is 1.97. The van der Waals surface area contributed by atoms with Crippen molar-refractivity contribution in [1.29, 1.82) is 0 Å². The van der Waals surface area contributed by atoms with Gasteiger partial charge >= 0.3 is 5.97 Å². The molecule has 0 bridgehead atoms. The summed E-state index contributed by atoms with van der Waals surface area (Å²) in [6, 6.07) is 0. The molecule has 1 rings (SSSR count). The molecule has 74 valence electrons. The molecule has 0 spiro atoms. The first-order chi connectivity index (χ1) is 6.33. The second-order valence-corrected chi connectivity index (χ2v) is 2.72. The summed E-state index contributed by atoms with van der Waals surface area (Å²) in [5.41, 5.74) is 0. The van der Waals surface area contributed by atoms with Crippen LogP contribution in [0.5, 0.6) is 0 Å². The highest BCUT2D eigenvalue weighted by molar-refractivity contribution is 5.81. The summed E-state index contributed by atoms with van der Waals surface area (Å²) in [6.07, 6.45) is 3.22. The highest BCUT2D eigenvalue weighted by atomic mass is 16.5. The lowest BCUT2D eigenvalue weighted by Gasteiger charge is -2.24. The van der Waals surface area contributed by atoms with Crippen molar-refractivity contribution in [3.05, 3.63) is 12.3 Å². The van der Waals surface area contributed by atoms with Gasteiger partial charge in [0.1, 0.15) is 0 Å². The molecule has 0 aromatic carbocycles. The van der Waals surface area contributed by atoms with Gasteiger partial charge in [-0.15, -0.1) is 0 Å². The molecule has 1 aliphatic heterocycles. The first kappa shape index (κ1) is 10.1. The van der Waals surface area contributed by atoms with E-state index in [1.807, 2.05) is 4.90 Å². The first-order valence-corrected chi connectivity index (χ1v) is 4.49. The summed E-state index contributed by atoms with van der Waals surface area (Å²) < 4.78 is 9.91. The Morgan fingerprint density at radius 2 is 2.23 bits per heavy atom. The lowest BCUT2D eigenvalue weighted by molar-refractivity contribution is -0.137. The molecule has 1 heterocycles. The predicted molar refractivity (Wildman–Crippen MR) is 48.2 cm³/mol. The second-order valence-electron chi connectivity index (χ2n) is 2.72. The molecule has 0 amide bonds. The number of rotatable bonds is 3. The van der Waals surface area contributed by atoms with Gasteiger partial charge in [0.15, 0.2) is 0 Å². The topological polar surface area (TPSA) is 38.8 Å². The lowest BCUT2D eigenvalue weighted by atomic mass is 10.4. The molecule has 13 heavy (non-hydrogen) atoms. The van der Waals surface area contributed by atoms with Crippen molar-refractivity contribution in [2.24, 2.45) is 0 Å². The van der Waals surface area contributed by atoms with E-state index in [-0.39, 0.29) is 5.97 Å². The van der Waals surface area contributed by atoms with Crippen molar-refractivity contribution in [1.82, 2.24) is 4.90 Å². The number of hydrogen-bond acceptors (Lipinski definition) is 4. The minimum absolute atomic E-state index is 0.283. The molecule has 1 fully saturated rings. The van der Waals surface area contributed by atoms with Gasteiger partial charge in [-0.05, 0) is 6.92 Å². The van der Waals surface area contributed by atoms with Crippen LogP contribution in [0.2, 0.25) is 0 Å². The third-order valence-corrected chi connectivity index (χ3v) is 1.75. The van der Waals surface area contributed by atoms with Crippen molar-refractivity contribution >= 4 is 5.97 Å². The molecule has 0 aromatic heterocycles. The summed E-state index contributed by atoms with van der Waals surface area (Å²) in [5, 5.41) is 0. The van der Waals surface area contributed by atoms with Crippen LogP contribution < -0.4 is 0 Å². The van der Waals surface area contributed by atoms with E-state index in [0.29, 0.717) is 6.61 Å². The van der Waals surface area contributed by atoms with Gasteiger partial charge in [-0.25, -0.2) is 4.79 Å². The largest absolute Gasteiger partial charge is 0.463 e. The van der Waals surface area contributed by atoms with Gasteiger partial charge < -0.3 is 14.4 Å². The fraction of sp³-hybridized carbons (Fsp3) is 0.667. The van der Waals surface area contributed by atoms with Crippen LogP contribution in [-0.2, 0) is 14.3 Å². The number of carbonyl (C=O) groups excluding carboxylic acids is 1. The predicted octanol–water partition coefficient (Wildman–Crippen LogP) is 0.395. The Kier molecular flexibility index (Phi) is 4.32. The molecule has 4 heteroatoms. The first-order valence-electron chi connectivity index (χ1n) is 4.49. The van der Waals surface area contributed by atoms with Crippen LogP contribution in [0, 0.1) is 0 Å². The number of hydrogen-bond donors (Lipinski definition) is 0. The molecule has 0 N–H and O–H groups in total. The third-order valence-electron chi connectivity index (χ3n) is 1.75. The van der Waals surface area contributed by atoms with Crippen LogP contribution in [0.15, 0.2) is 12.3 Å². The van der Waals surface area contributed by atoms with Gasteiger partial charge in [-0.2, -0.15) is 0 Å². The summed E-state index contributed by atoms with van der Waals surface area (Å²) in [6.45, 7) is 5.36. The van der Waals surface area contributed by atoms with Crippen molar-refractivity contribution in [2.45, 2.75) is 6.92 Å². The van der Waals surface area contributed by atoms with Crippen LogP contribution in [0.3, 0.4) is 0 Å². The molecule has 0 saturated carbocycles. The molecule has 0 aromatic rings. The molecule has 0 atom stereocenters. The minimum Gasteiger partial charge on any atom is -0.463 e. The summed E-state index contributed by atoms with van der Waals surface area (Å²) in [7, 11) is 0. The van der Waals surface area contributed by atoms with Crippen LogP contribution >= 0.6 is 0 Å². The molecule has 4 nitrogen and oxygen atoms in total.